The second-order valence-corrected chi connectivity index (χ2v) is 16.0. The van der Waals surface area contributed by atoms with Crippen molar-refractivity contribution in [2.24, 2.45) is 16.7 Å². The number of hydrogen-bond acceptors (Lipinski definition) is 14. The number of fused-ring (bicyclic) bond motifs is 5. The summed E-state index contributed by atoms with van der Waals surface area (Å²) in [6, 6.07) is 7.86. The summed E-state index contributed by atoms with van der Waals surface area (Å²) in [4.78, 5) is 80.7. The third-order valence-corrected chi connectivity index (χ3v) is 12.2. The lowest BCUT2D eigenvalue weighted by atomic mass is 9.44. The molecule has 3 aliphatic carbocycles. The molecular weight excluding hydrogens is 718 g/mol. The number of aliphatic hydroxyl groups is 3. The van der Waals surface area contributed by atoms with E-state index in [9.17, 15) is 39.3 Å². The van der Waals surface area contributed by atoms with Crippen molar-refractivity contribution in [3.05, 3.63) is 47.0 Å². The van der Waals surface area contributed by atoms with Gasteiger partial charge in [-0.15, -0.1) is 0 Å². The Morgan fingerprint density at radius 2 is 1.67 bits per heavy atom. The van der Waals surface area contributed by atoms with E-state index in [1.807, 2.05) is 6.92 Å². The van der Waals surface area contributed by atoms with Crippen LogP contribution in [0, 0.1) is 16.7 Å². The molecule has 15 nitrogen and oxygen atoms in total. The molecule has 1 heterocycles. The Kier molecular flexibility index (Phi) is 12.0. The Bertz CT molecular complexity index is 1720. The first-order chi connectivity index (χ1) is 25.8. The molecule has 1 aromatic rings. The van der Waals surface area contributed by atoms with Gasteiger partial charge >= 0.3 is 23.9 Å². The zero-order valence-electron chi connectivity index (χ0n) is 32.4. The van der Waals surface area contributed by atoms with Gasteiger partial charge in [0.05, 0.1) is 36.2 Å². The average molecular weight is 772 g/mol. The Labute approximate surface area is 320 Å². The minimum atomic E-state index is -2.33. The summed E-state index contributed by atoms with van der Waals surface area (Å²) < 4.78 is 29.8. The summed E-state index contributed by atoms with van der Waals surface area (Å²) in [6.07, 6.45) is -7.42. The first-order valence-electron chi connectivity index (χ1n) is 18.8. The van der Waals surface area contributed by atoms with E-state index < -0.39 is 107 Å². The van der Waals surface area contributed by atoms with E-state index in [4.69, 9.17) is 23.7 Å². The normalized spacial score (nSPS) is 34.0. The highest BCUT2D eigenvalue weighted by Crippen LogP contribution is 2.64. The standard InChI is InChI=1S/C40H53NO14/c1-8-9-11-16-29(46)41-19-25(44)36(49)53-26-18-40(50)34(54-35(48)24-14-12-10-13-15-24)32-38(7,27(45)17-28-39(32,20-51-28)55-23(4)43)33(47)31(52-22(3)42)30(21(26)2)37(40,5)6/h10,12-15,25-28,31-32,34,44-45,50H,8-9,11,16-20H2,1-7H3,(H,41,46)/t25-,26+,27+,28-,31-,32?,34+,38-,39+,40-/m1/s1. The molecular formula is C40H53NO14. The smallest absolute Gasteiger partial charge is 0.338 e. The minimum Gasteiger partial charge on any atom is -0.456 e. The van der Waals surface area contributed by atoms with Crippen LogP contribution in [-0.4, -0.2) is 112 Å². The average Bonchev–Trinajstić information content (AvgIpc) is 3.11. The lowest BCUT2D eigenvalue weighted by molar-refractivity contribution is -0.346. The van der Waals surface area contributed by atoms with Crippen LogP contribution in [0.2, 0.25) is 0 Å². The molecule has 0 aromatic heterocycles. The molecule has 0 spiro atoms. The summed E-state index contributed by atoms with van der Waals surface area (Å²) >= 11 is 0. The van der Waals surface area contributed by atoms with Crippen LogP contribution < -0.4 is 5.32 Å². The molecule has 4 aliphatic rings. The van der Waals surface area contributed by atoms with Gasteiger partial charge in [-0.2, -0.15) is 0 Å². The van der Waals surface area contributed by atoms with Crippen molar-refractivity contribution >= 4 is 35.6 Å². The van der Waals surface area contributed by atoms with E-state index in [2.05, 4.69) is 5.32 Å². The molecule has 2 bridgehead atoms. The second-order valence-electron chi connectivity index (χ2n) is 16.0. The van der Waals surface area contributed by atoms with Crippen LogP contribution in [0.15, 0.2) is 41.5 Å². The van der Waals surface area contributed by atoms with E-state index in [1.165, 1.54) is 26.0 Å². The molecule has 5 rings (SSSR count). The zero-order chi connectivity index (χ0) is 40.7. The fourth-order valence-corrected chi connectivity index (χ4v) is 9.15. The topological polar surface area (TPSA) is 221 Å². The van der Waals surface area contributed by atoms with Crippen LogP contribution >= 0.6 is 0 Å². The Morgan fingerprint density at radius 3 is 2.25 bits per heavy atom. The summed E-state index contributed by atoms with van der Waals surface area (Å²) in [5.74, 6) is -6.43. The minimum absolute atomic E-state index is 0.0270. The van der Waals surface area contributed by atoms with Gasteiger partial charge in [0, 0.05) is 38.5 Å². The van der Waals surface area contributed by atoms with Crippen molar-refractivity contribution in [2.75, 3.05) is 13.2 Å². The number of carbonyl (C=O) groups excluding carboxylic acids is 6. The van der Waals surface area contributed by atoms with Gasteiger partial charge in [0.25, 0.3) is 0 Å². The van der Waals surface area contributed by atoms with Gasteiger partial charge in [-0.25, -0.2) is 9.59 Å². The van der Waals surface area contributed by atoms with Gasteiger partial charge in [-0.3, -0.25) is 19.2 Å². The number of nitrogens with one attached hydrogen (secondary N) is 1. The number of aliphatic hydroxyl groups excluding tert-OH is 2. The third-order valence-electron chi connectivity index (χ3n) is 12.2. The maximum absolute atomic E-state index is 15.3. The fraction of sp³-hybridized carbons (Fsp3) is 0.650. The highest BCUT2D eigenvalue weighted by molar-refractivity contribution is 5.95. The van der Waals surface area contributed by atoms with Crippen LogP contribution in [0.3, 0.4) is 0 Å². The van der Waals surface area contributed by atoms with Gasteiger partial charge in [-0.05, 0) is 43.5 Å². The largest absolute Gasteiger partial charge is 0.456 e. The predicted octanol–water partition coefficient (Wildman–Crippen LogP) is 2.26. The van der Waals surface area contributed by atoms with E-state index in [0.29, 0.717) is 6.42 Å². The number of carbonyl (C=O) groups is 6. The fourth-order valence-electron chi connectivity index (χ4n) is 9.15. The number of benzene rings is 1. The van der Waals surface area contributed by atoms with Crippen LogP contribution in [-0.2, 0) is 47.7 Å². The van der Waals surface area contributed by atoms with E-state index in [-0.39, 0.29) is 42.1 Å². The molecule has 1 aliphatic heterocycles. The van der Waals surface area contributed by atoms with E-state index in [1.54, 1.807) is 32.0 Å². The lowest BCUT2D eigenvalue weighted by Gasteiger charge is -2.67. The second kappa shape index (κ2) is 15.8. The lowest BCUT2D eigenvalue weighted by Crippen LogP contribution is -2.82. The molecule has 4 N–H and O–H groups in total. The van der Waals surface area contributed by atoms with E-state index >= 15 is 4.79 Å². The van der Waals surface area contributed by atoms with Crippen molar-refractivity contribution in [3.63, 3.8) is 0 Å². The summed E-state index contributed by atoms with van der Waals surface area (Å²) in [7, 11) is 0. The maximum atomic E-state index is 15.3. The molecule has 1 amide bonds. The predicted molar refractivity (Wildman–Crippen MR) is 192 cm³/mol. The summed E-state index contributed by atoms with van der Waals surface area (Å²) in [6.45, 7) is 9.55. The van der Waals surface area contributed by atoms with Gasteiger partial charge < -0.3 is 44.3 Å². The number of hydrogen-bond donors (Lipinski definition) is 4. The van der Waals surface area contributed by atoms with Crippen molar-refractivity contribution in [1.82, 2.24) is 5.32 Å². The SMILES string of the molecule is CCCCCC(=O)NC[C@@H](O)C(=O)O[C@H]1C[C@@]2(O)[C@@H](OC(=O)c3ccccc3)C3[C@](C)(C(=O)[C@H](OC(C)=O)C(=C1C)C2(C)C)[C@@H](O)C[C@H]1OC[C@@]31OC(C)=O. The molecule has 2 saturated carbocycles. The highest BCUT2D eigenvalue weighted by Gasteiger charge is 2.78. The van der Waals surface area contributed by atoms with Crippen molar-refractivity contribution in [3.8, 4) is 0 Å². The zero-order valence-corrected chi connectivity index (χ0v) is 32.4. The molecule has 3 fully saturated rings. The molecule has 10 atom stereocenters. The van der Waals surface area contributed by atoms with Crippen molar-refractivity contribution < 1.29 is 67.8 Å². The van der Waals surface area contributed by atoms with Gasteiger partial charge in [-0.1, -0.05) is 51.8 Å². The Morgan fingerprint density at radius 1 is 1.00 bits per heavy atom. The molecule has 1 aromatic carbocycles. The Balaban J connectivity index is 1.69. The number of esters is 4. The first-order valence-corrected chi connectivity index (χ1v) is 18.8. The third kappa shape index (κ3) is 7.31. The molecule has 302 valence electrons. The number of Topliss-reactive ketones (excluding diaryl/α,β-unsaturated/α-hetero) is 1. The summed E-state index contributed by atoms with van der Waals surface area (Å²) in [5, 5.41) is 38.7. The number of unbranched alkanes of at least 4 members (excludes halogenated alkanes) is 2. The monoisotopic (exact) mass is 771 g/mol. The molecule has 1 saturated heterocycles. The molecule has 15 heteroatoms. The van der Waals surface area contributed by atoms with Crippen LogP contribution in [0.25, 0.3) is 0 Å². The number of ether oxygens (including phenoxy) is 5. The maximum Gasteiger partial charge on any atom is 0.338 e. The Hall–Kier alpha value is -4.18. The highest BCUT2D eigenvalue weighted by atomic mass is 16.6. The number of ketones is 1. The van der Waals surface area contributed by atoms with Gasteiger partial charge in [0.1, 0.15) is 23.9 Å². The molecule has 1 unspecified atom stereocenters. The first kappa shape index (κ1) is 42.0. The number of rotatable bonds is 12. The van der Waals surface area contributed by atoms with Gasteiger partial charge in [0.2, 0.25) is 5.91 Å². The quantitative estimate of drug-likeness (QED) is 0.104. The van der Waals surface area contributed by atoms with Crippen molar-refractivity contribution in [2.45, 2.75) is 135 Å². The van der Waals surface area contributed by atoms with Crippen LogP contribution in [0.1, 0.15) is 97.3 Å². The van der Waals surface area contributed by atoms with Crippen molar-refractivity contribution in [1.29, 1.82) is 0 Å². The number of amides is 1. The van der Waals surface area contributed by atoms with Crippen LogP contribution in [0.5, 0.6) is 0 Å². The van der Waals surface area contributed by atoms with Gasteiger partial charge in [0.15, 0.2) is 23.6 Å². The van der Waals surface area contributed by atoms with E-state index in [0.717, 1.165) is 26.7 Å². The molecule has 0 radical (unpaired) electrons. The summed E-state index contributed by atoms with van der Waals surface area (Å²) in [5.41, 5.74) is -7.37. The van der Waals surface area contributed by atoms with Crippen LogP contribution in [0.4, 0.5) is 0 Å². The molecule has 55 heavy (non-hydrogen) atoms.